The van der Waals surface area contributed by atoms with Crippen molar-refractivity contribution in [3.63, 3.8) is 0 Å². The molecule has 2 rings (SSSR count). The molecule has 0 unspecified atom stereocenters. The van der Waals surface area contributed by atoms with Crippen LogP contribution in [0.1, 0.15) is 22.6 Å². The summed E-state index contributed by atoms with van der Waals surface area (Å²) in [6.07, 6.45) is 0.381. The quantitative estimate of drug-likeness (QED) is 0.843. The number of fused-ring (bicyclic) bond motifs is 1. The van der Waals surface area contributed by atoms with Gasteiger partial charge in [-0.2, -0.15) is 0 Å². The Morgan fingerprint density at radius 3 is 2.75 bits per heavy atom. The standard InChI is InChI=1S/C12H15N3O4S/c1-8-14-10-7-9(12(16)17)3-4-11(10)15(8)5-2-6-20(13,18)19/h3-4,7H,2,5-6H2,1H3,(H,16,17)(H2,13,18,19). The molecule has 0 saturated heterocycles. The number of carboxylic acid groups (broad SMARTS) is 1. The number of nitrogens with zero attached hydrogens (tertiary/aromatic N) is 2. The van der Waals surface area contributed by atoms with Crippen LogP contribution < -0.4 is 5.14 Å². The molecular formula is C12H15N3O4S. The summed E-state index contributed by atoms with van der Waals surface area (Å²) in [4.78, 5) is 15.2. The molecule has 1 heterocycles. The van der Waals surface area contributed by atoms with Crippen LogP contribution in [-0.2, 0) is 16.6 Å². The third kappa shape index (κ3) is 3.14. The molecule has 7 nitrogen and oxygen atoms in total. The first-order valence-electron chi connectivity index (χ1n) is 5.98. The average Bonchev–Trinajstić information content (AvgIpc) is 2.63. The highest BCUT2D eigenvalue weighted by Crippen LogP contribution is 2.18. The number of rotatable bonds is 5. The molecule has 20 heavy (non-hydrogen) atoms. The Kier molecular flexibility index (Phi) is 3.78. The van der Waals surface area contributed by atoms with Gasteiger partial charge in [-0.25, -0.2) is 23.3 Å². The van der Waals surface area contributed by atoms with E-state index in [1.807, 2.05) is 4.57 Å². The molecule has 1 aromatic heterocycles. The number of primary sulfonamides is 1. The summed E-state index contributed by atoms with van der Waals surface area (Å²) < 4.78 is 23.7. The van der Waals surface area contributed by atoms with Crippen molar-refractivity contribution in [2.75, 3.05) is 5.75 Å². The van der Waals surface area contributed by atoms with Crippen LogP contribution in [0.2, 0.25) is 0 Å². The summed E-state index contributed by atoms with van der Waals surface area (Å²) >= 11 is 0. The number of sulfonamides is 1. The van der Waals surface area contributed by atoms with Crippen molar-refractivity contribution in [2.24, 2.45) is 5.14 Å². The Labute approximate surface area is 116 Å². The molecule has 0 saturated carbocycles. The summed E-state index contributed by atoms with van der Waals surface area (Å²) in [7, 11) is -3.47. The van der Waals surface area contributed by atoms with E-state index in [9.17, 15) is 13.2 Å². The molecule has 108 valence electrons. The van der Waals surface area contributed by atoms with E-state index in [4.69, 9.17) is 10.2 Å². The number of nitrogens with two attached hydrogens (primary N) is 1. The Morgan fingerprint density at radius 1 is 1.45 bits per heavy atom. The number of carbonyl (C=O) groups is 1. The number of imidazole rings is 1. The lowest BCUT2D eigenvalue weighted by molar-refractivity contribution is 0.0697. The van der Waals surface area contributed by atoms with Crippen molar-refractivity contribution in [3.8, 4) is 0 Å². The van der Waals surface area contributed by atoms with Crippen LogP contribution >= 0.6 is 0 Å². The molecule has 0 aliphatic rings. The minimum atomic E-state index is -3.47. The van der Waals surface area contributed by atoms with Crippen LogP contribution in [0.3, 0.4) is 0 Å². The average molecular weight is 297 g/mol. The summed E-state index contributed by atoms with van der Waals surface area (Å²) in [5, 5.41) is 13.9. The van der Waals surface area contributed by atoms with Crippen molar-refractivity contribution in [3.05, 3.63) is 29.6 Å². The monoisotopic (exact) mass is 297 g/mol. The van der Waals surface area contributed by atoms with Gasteiger partial charge in [0.05, 0.1) is 22.3 Å². The van der Waals surface area contributed by atoms with Crippen molar-refractivity contribution in [1.82, 2.24) is 9.55 Å². The molecule has 2 aromatic rings. The molecule has 1 aromatic carbocycles. The topological polar surface area (TPSA) is 115 Å². The normalized spacial score (nSPS) is 11.9. The zero-order valence-corrected chi connectivity index (χ0v) is 11.7. The fraction of sp³-hybridized carbons (Fsp3) is 0.333. The minimum absolute atomic E-state index is 0.0979. The molecule has 0 bridgehead atoms. The smallest absolute Gasteiger partial charge is 0.335 e. The summed E-state index contributed by atoms with van der Waals surface area (Å²) in [6.45, 7) is 2.25. The lowest BCUT2D eigenvalue weighted by Gasteiger charge is -2.06. The summed E-state index contributed by atoms with van der Waals surface area (Å²) in [5.41, 5.74) is 1.53. The van der Waals surface area contributed by atoms with Crippen LogP contribution in [0, 0.1) is 6.92 Å². The number of benzene rings is 1. The highest BCUT2D eigenvalue weighted by Gasteiger charge is 2.11. The van der Waals surface area contributed by atoms with Gasteiger partial charge in [-0.15, -0.1) is 0 Å². The second-order valence-corrected chi connectivity index (χ2v) is 6.27. The van der Waals surface area contributed by atoms with E-state index in [1.54, 1.807) is 13.0 Å². The predicted molar refractivity (Wildman–Crippen MR) is 74.0 cm³/mol. The minimum Gasteiger partial charge on any atom is -0.478 e. The van der Waals surface area contributed by atoms with Gasteiger partial charge in [0.25, 0.3) is 0 Å². The predicted octanol–water partition coefficient (Wildman–Crippen LogP) is 0.722. The molecule has 0 aliphatic heterocycles. The van der Waals surface area contributed by atoms with Gasteiger partial charge in [0.15, 0.2) is 0 Å². The molecule has 0 amide bonds. The van der Waals surface area contributed by atoms with Gasteiger partial charge >= 0.3 is 5.97 Å². The lowest BCUT2D eigenvalue weighted by atomic mass is 10.2. The highest BCUT2D eigenvalue weighted by atomic mass is 32.2. The Morgan fingerprint density at radius 2 is 2.15 bits per heavy atom. The Bertz CT molecular complexity index is 764. The Hall–Kier alpha value is -1.93. The maximum Gasteiger partial charge on any atom is 0.335 e. The largest absolute Gasteiger partial charge is 0.478 e. The van der Waals surface area contributed by atoms with Crippen LogP contribution in [0.5, 0.6) is 0 Å². The molecule has 0 atom stereocenters. The number of aromatic carboxylic acids is 1. The molecule has 0 spiro atoms. The summed E-state index contributed by atoms with van der Waals surface area (Å²) in [6, 6.07) is 4.68. The molecule has 0 aliphatic carbocycles. The van der Waals surface area contributed by atoms with Crippen LogP contribution in [0.15, 0.2) is 18.2 Å². The van der Waals surface area contributed by atoms with E-state index in [0.29, 0.717) is 24.3 Å². The van der Waals surface area contributed by atoms with Gasteiger partial charge in [-0.3, -0.25) is 0 Å². The maximum atomic E-state index is 10.9. The SMILES string of the molecule is Cc1nc2cc(C(=O)O)ccc2n1CCCS(N)(=O)=O. The van der Waals surface area contributed by atoms with Gasteiger partial charge in [-0.1, -0.05) is 0 Å². The molecule has 3 N–H and O–H groups in total. The third-order valence-electron chi connectivity index (χ3n) is 3.00. The Balaban J connectivity index is 2.30. The first-order chi connectivity index (χ1) is 9.28. The van der Waals surface area contributed by atoms with Crippen molar-refractivity contribution < 1.29 is 18.3 Å². The van der Waals surface area contributed by atoms with Crippen LogP contribution in [-0.4, -0.2) is 34.8 Å². The second-order valence-electron chi connectivity index (χ2n) is 4.54. The first kappa shape index (κ1) is 14.5. The zero-order chi connectivity index (χ0) is 14.9. The number of carboxylic acids is 1. The molecule has 0 fully saturated rings. The second kappa shape index (κ2) is 5.22. The van der Waals surface area contributed by atoms with E-state index >= 15 is 0 Å². The van der Waals surface area contributed by atoms with Gasteiger partial charge < -0.3 is 9.67 Å². The van der Waals surface area contributed by atoms with E-state index in [0.717, 1.165) is 5.52 Å². The number of hydrogen-bond donors (Lipinski definition) is 2. The van der Waals surface area contributed by atoms with E-state index < -0.39 is 16.0 Å². The molecule has 0 radical (unpaired) electrons. The summed E-state index contributed by atoms with van der Waals surface area (Å²) in [5.74, 6) is -0.399. The van der Waals surface area contributed by atoms with E-state index in [1.165, 1.54) is 12.1 Å². The van der Waals surface area contributed by atoms with Gasteiger partial charge in [0.2, 0.25) is 10.0 Å². The van der Waals surface area contributed by atoms with Crippen molar-refractivity contribution >= 4 is 27.0 Å². The number of hydrogen-bond acceptors (Lipinski definition) is 4. The highest BCUT2D eigenvalue weighted by molar-refractivity contribution is 7.89. The van der Waals surface area contributed by atoms with Gasteiger partial charge in [-0.05, 0) is 31.5 Å². The maximum absolute atomic E-state index is 10.9. The first-order valence-corrected chi connectivity index (χ1v) is 7.70. The van der Waals surface area contributed by atoms with Crippen molar-refractivity contribution in [1.29, 1.82) is 0 Å². The van der Waals surface area contributed by atoms with Crippen LogP contribution in [0.25, 0.3) is 11.0 Å². The van der Waals surface area contributed by atoms with Gasteiger partial charge in [0.1, 0.15) is 5.82 Å². The van der Waals surface area contributed by atoms with Crippen molar-refractivity contribution in [2.45, 2.75) is 19.9 Å². The molecule has 8 heteroatoms. The fourth-order valence-corrected chi connectivity index (χ4v) is 2.62. The fourth-order valence-electron chi connectivity index (χ4n) is 2.09. The number of aromatic nitrogens is 2. The molecular weight excluding hydrogens is 282 g/mol. The lowest BCUT2D eigenvalue weighted by Crippen LogP contribution is -2.18. The van der Waals surface area contributed by atoms with Gasteiger partial charge in [0, 0.05) is 6.54 Å². The number of aryl methyl sites for hydroxylation is 2. The third-order valence-corrected chi connectivity index (χ3v) is 3.85. The zero-order valence-electron chi connectivity index (χ0n) is 10.9. The van der Waals surface area contributed by atoms with E-state index in [2.05, 4.69) is 4.98 Å². The van der Waals surface area contributed by atoms with E-state index in [-0.39, 0.29) is 11.3 Å². The van der Waals surface area contributed by atoms with Crippen LogP contribution in [0.4, 0.5) is 0 Å².